The Morgan fingerprint density at radius 2 is 1.59 bits per heavy atom. The first-order valence-electron chi connectivity index (χ1n) is 11.5. The number of aromatic nitrogens is 1. The summed E-state index contributed by atoms with van der Waals surface area (Å²) in [5, 5.41) is 0. The van der Waals surface area contributed by atoms with Crippen LogP contribution in [-0.4, -0.2) is 47.9 Å². The first kappa shape index (κ1) is 22.2. The van der Waals surface area contributed by atoms with Gasteiger partial charge in [-0.3, -0.25) is 14.7 Å². The first-order chi connectivity index (χ1) is 15.5. The number of likely N-dealkylation sites (tertiary alicyclic amines) is 1. The minimum Gasteiger partial charge on any atom is -0.348 e. The lowest BCUT2D eigenvalue weighted by atomic mass is 9.71. The van der Waals surface area contributed by atoms with E-state index in [2.05, 4.69) is 71.4 Å². The van der Waals surface area contributed by atoms with Crippen molar-refractivity contribution < 1.29 is 4.79 Å². The molecule has 1 amide bonds. The molecule has 0 spiro atoms. The lowest BCUT2D eigenvalue weighted by Crippen LogP contribution is -2.49. The Hall–Kier alpha value is -2.98. The van der Waals surface area contributed by atoms with Crippen molar-refractivity contribution in [1.29, 1.82) is 0 Å². The van der Waals surface area contributed by atoms with Crippen molar-refractivity contribution in [1.82, 2.24) is 14.8 Å². The van der Waals surface area contributed by atoms with Crippen LogP contribution in [0.4, 0.5) is 0 Å². The highest BCUT2D eigenvalue weighted by molar-refractivity contribution is 5.83. The fourth-order valence-electron chi connectivity index (χ4n) is 4.98. The van der Waals surface area contributed by atoms with Crippen molar-refractivity contribution in [2.75, 3.05) is 27.2 Å². The van der Waals surface area contributed by atoms with Gasteiger partial charge in [0, 0.05) is 26.8 Å². The molecule has 1 fully saturated rings. The van der Waals surface area contributed by atoms with Gasteiger partial charge in [-0.25, -0.2) is 0 Å². The Morgan fingerprint density at radius 3 is 2.25 bits per heavy atom. The van der Waals surface area contributed by atoms with E-state index in [1.54, 1.807) is 4.90 Å². The van der Waals surface area contributed by atoms with Gasteiger partial charge in [0.1, 0.15) is 0 Å². The number of rotatable bonds is 6. The second-order valence-corrected chi connectivity index (χ2v) is 9.23. The van der Waals surface area contributed by atoms with Gasteiger partial charge in [0.25, 0.3) is 0 Å². The predicted molar refractivity (Wildman–Crippen MR) is 130 cm³/mol. The van der Waals surface area contributed by atoms with E-state index in [0.717, 1.165) is 44.6 Å². The van der Waals surface area contributed by atoms with Gasteiger partial charge >= 0.3 is 0 Å². The Morgan fingerprint density at radius 1 is 0.938 bits per heavy atom. The Bertz CT molecular complexity index is 1050. The maximum atomic E-state index is 13.5. The molecule has 4 nitrogen and oxygen atoms in total. The lowest BCUT2D eigenvalue weighted by molar-refractivity contribution is -0.142. The molecule has 32 heavy (non-hydrogen) atoms. The highest BCUT2D eigenvalue weighted by Gasteiger charge is 2.42. The van der Waals surface area contributed by atoms with E-state index in [0.29, 0.717) is 0 Å². The molecule has 0 N–H and O–H groups in total. The van der Waals surface area contributed by atoms with Crippen LogP contribution in [0.2, 0.25) is 0 Å². The van der Waals surface area contributed by atoms with Crippen LogP contribution in [0.5, 0.6) is 0 Å². The molecular weight excluding hydrogens is 394 g/mol. The summed E-state index contributed by atoms with van der Waals surface area (Å²) in [7, 11) is 3.77. The monoisotopic (exact) mass is 427 g/mol. The fraction of sp³-hybridized carbons (Fsp3) is 0.357. The van der Waals surface area contributed by atoms with Crippen LogP contribution in [0.15, 0.2) is 72.9 Å². The summed E-state index contributed by atoms with van der Waals surface area (Å²) in [4.78, 5) is 22.2. The second kappa shape index (κ2) is 9.66. The quantitative estimate of drug-likeness (QED) is 0.557. The minimum absolute atomic E-state index is 0.245. The summed E-state index contributed by atoms with van der Waals surface area (Å²) < 4.78 is 0. The summed E-state index contributed by atoms with van der Waals surface area (Å²) in [6, 6.07) is 23.2. The average Bonchev–Trinajstić information content (AvgIpc) is 2.81. The maximum Gasteiger partial charge on any atom is 0.228 e. The number of piperidine rings is 1. The van der Waals surface area contributed by atoms with E-state index < -0.39 is 0 Å². The summed E-state index contributed by atoms with van der Waals surface area (Å²) in [5.41, 5.74) is 5.73. The van der Waals surface area contributed by atoms with Gasteiger partial charge in [0.15, 0.2) is 0 Å². The van der Waals surface area contributed by atoms with Crippen molar-refractivity contribution in [3.63, 3.8) is 0 Å². The molecule has 0 saturated carbocycles. The molecule has 0 unspecified atom stereocenters. The van der Waals surface area contributed by atoms with Crippen LogP contribution in [0.3, 0.4) is 0 Å². The minimum atomic E-state index is -0.372. The van der Waals surface area contributed by atoms with Crippen LogP contribution in [-0.2, 0) is 17.8 Å². The highest BCUT2D eigenvalue weighted by atomic mass is 16.2. The Balaban J connectivity index is 1.60. The molecule has 1 saturated heterocycles. The van der Waals surface area contributed by atoms with Crippen LogP contribution in [0, 0.1) is 12.3 Å². The van der Waals surface area contributed by atoms with E-state index in [9.17, 15) is 4.79 Å². The molecule has 166 valence electrons. The Kier molecular flexibility index (Phi) is 6.71. The molecule has 0 atom stereocenters. The van der Waals surface area contributed by atoms with E-state index in [4.69, 9.17) is 0 Å². The molecule has 1 aromatic heterocycles. The largest absolute Gasteiger partial charge is 0.348 e. The molecule has 2 heterocycles. The summed E-state index contributed by atoms with van der Waals surface area (Å²) >= 11 is 0. The smallest absolute Gasteiger partial charge is 0.228 e. The van der Waals surface area contributed by atoms with Crippen LogP contribution < -0.4 is 0 Å². The van der Waals surface area contributed by atoms with Crippen molar-refractivity contribution in [2.45, 2.75) is 32.7 Å². The molecule has 4 rings (SSSR count). The number of aryl methyl sites for hydroxylation is 1. The third-order valence-electron chi connectivity index (χ3n) is 6.77. The maximum absolute atomic E-state index is 13.5. The summed E-state index contributed by atoms with van der Waals surface area (Å²) in [5.74, 6) is 0.245. The summed E-state index contributed by atoms with van der Waals surface area (Å²) in [6.45, 7) is 4.81. The van der Waals surface area contributed by atoms with Crippen molar-refractivity contribution in [3.8, 4) is 11.1 Å². The van der Waals surface area contributed by atoms with E-state index in [-0.39, 0.29) is 11.3 Å². The standard InChI is InChI=1S/C28H33N3O/c1-22-10-4-6-13-25(22)26-14-7-5-11-23(26)20-28(27(32)30(2)3)15-18-31(19-16-28)21-24-12-8-9-17-29-24/h4-14,17H,15-16,18-21H2,1-3H3. The van der Waals surface area contributed by atoms with Gasteiger partial charge in [-0.2, -0.15) is 0 Å². The van der Waals surface area contributed by atoms with Gasteiger partial charge in [0.05, 0.1) is 11.1 Å². The fourth-order valence-corrected chi connectivity index (χ4v) is 4.98. The number of nitrogens with zero attached hydrogens (tertiary/aromatic N) is 3. The predicted octanol–water partition coefficient (Wildman–Crippen LogP) is 4.97. The number of pyridine rings is 1. The molecule has 0 bridgehead atoms. The molecular formula is C28H33N3O. The third kappa shape index (κ3) is 4.76. The highest BCUT2D eigenvalue weighted by Crippen LogP contribution is 2.40. The van der Waals surface area contributed by atoms with Gasteiger partial charge in [-0.1, -0.05) is 54.6 Å². The number of amides is 1. The SMILES string of the molecule is Cc1ccccc1-c1ccccc1CC1(C(=O)N(C)C)CCN(Cc2ccccn2)CC1. The van der Waals surface area contributed by atoms with Crippen LogP contribution in [0.25, 0.3) is 11.1 Å². The zero-order valence-electron chi connectivity index (χ0n) is 19.4. The third-order valence-corrected chi connectivity index (χ3v) is 6.77. The molecule has 4 heteroatoms. The zero-order valence-corrected chi connectivity index (χ0v) is 19.4. The van der Waals surface area contributed by atoms with Gasteiger partial charge < -0.3 is 4.90 Å². The van der Waals surface area contributed by atoms with Crippen molar-refractivity contribution in [2.24, 2.45) is 5.41 Å². The lowest BCUT2D eigenvalue weighted by Gasteiger charge is -2.42. The second-order valence-electron chi connectivity index (χ2n) is 9.23. The van der Waals surface area contributed by atoms with E-state index in [1.807, 2.05) is 32.4 Å². The molecule has 0 radical (unpaired) electrons. The topological polar surface area (TPSA) is 36.4 Å². The van der Waals surface area contributed by atoms with E-state index >= 15 is 0 Å². The van der Waals surface area contributed by atoms with Gasteiger partial charge in [-0.05, 0) is 73.7 Å². The van der Waals surface area contributed by atoms with Crippen LogP contribution in [0.1, 0.15) is 29.7 Å². The number of benzene rings is 2. The molecule has 3 aromatic rings. The number of carbonyl (C=O) groups is 1. The van der Waals surface area contributed by atoms with Gasteiger partial charge in [-0.15, -0.1) is 0 Å². The molecule has 2 aromatic carbocycles. The molecule has 1 aliphatic heterocycles. The zero-order chi connectivity index (χ0) is 22.6. The van der Waals surface area contributed by atoms with E-state index in [1.165, 1.54) is 22.3 Å². The normalized spacial score (nSPS) is 16.0. The number of hydrogen-bond acceptors (Lipinski definition) is 3. The van der Waals surface area contributed by atoms with Crippen molar-refractivity contribution in [3.05, 3.63) is 89.7 Å². The first-order valence-corrected chi connectivity index (χ1v) is 11.5. The Labute approximate surface area is 191 Å². The summed E-state index contributed by atoms with van der Waals surface area (Å²) in [6.07, 6.45) is 4.34. The average molecular weight is 428 g/mol. The van der Waals surface area contributed by atoms with Gasteiger partial charge in [0.2, 0.25) is 5.91 Å². The number of hydrogen-bond donors (Lipinski definition) is 0. The molecule has 1 aliphatic rings. The molecule has 0 aliphatic carbocycles. The van der Waals surface area contributed by atoms with Crippen LogP contribution >= 0.6 is 0 Å². The number of carbonyl (C=O) groups excluding carboxylic acids is 1. The van der Waals surface area contributed by atoms with Crippen molar-refractivity contribution >= 4 is 5.91 Å².